The Kier molecular flexibility index (Phi) is 4.20. The predicted molar refractivity (Wildman–Crippen MR) is 79.5 cm³/mol. The van der Waals surface area contributed by atoms with E-state index in [0.29, 0.717) is 12.2 Å². The highest BCUT2D eigenvalue weighted by Gasteiger charge is 2.22. The van der Waals surface area contributed by atoms with Gasteiger partial charge in [-0.25, -0.2) is 4.98 Å². The lowest BCUT2D eigenvalue weighted by atomic mass is 10.1. The van der Waals surface area contributed by atoms with Gasteiger partial charge >= 0.3 is 0 Å². The molecule has 0 radical (unpaired) electrons. The minimum atomic E-state index is -0.0551. The second kappa shape index (κ2) is 5.88. The van der Waals surface area contributed by atoms with Crippen molar-refractivity contribution in [3.05, 3.63) is 48.0 Å². The van der Waals surface area contributed by atoms with Crippen LogP contribution in [0.1, 0.15) is 29.9 Å². The average Bonchev–Trinajstić information content (AvgIpc) is 2.85. The van der Waals surface area contributed by atoms with Crippen LogP contribution in [0.2, 0.25) is 0 Å². The van der Waals surface area contributed by atoms with Gasteiger partial charge in [0.25, 0.3) is 5.91 Å². The number of hydrogen-bond acceptors (Lipinski definition) is 3. The number of aryl methyl sites for hydroxylation is 1. The molecule has 0 spiro atoms. The van der Waals surface area contributed by atoms with Crippen molar-refractivity contribution in [2.45, 2.75) is 26.4 Å². The highest BCUT2D eigenvalue weighted by molar-refractivity contribution is 6.05. The van der Waals surface area contributed by atoms with E-state index in [-0.39, 0.29) is 11.9 Å². The van der Waals surface area contributed by atoms with Crippen LogP contribution in [0.5, 0.6) is 0 Å². The first-order chi connectivity index (χ1) is 9.54. The maximum Gasteiger partial charge on any atom is 0.276 e. The molecule has 2 rings (SSSR count). The number of carbonyl (C=O) groups is 1. The van der Waals surface area contributed by atoms with Gasteiger partial charge in [-0.15, -0.1) is 0 Å². The molecule has 0 aliphatic carbocycles. The molecular weight excluding hydrogens is 252 g/mol. The molecule has 20 heavy (non-hydrogen) atoms. The Balaban J connectivity index is 2.36. The third kappa shape index (κ3) is 2.72. The van der Waals surface area contributed by atoms with Crippen molar-refractivity contribution in [2.75, 3.05) is 4.90 Å². The van der Waals surface area contributed by atoms with Crippen molar-refractivity contribution in [2.24, 2.45) is 12.8 Å². The number of amides is 1. The van der Waals surface area contributed by atoms with Crippen LogP contribution < -0.4 is 10.6 Å². The lowest BCUT2D eigenvalue weighted by Gasteiger charge is -2.27. The predicted octanol–water partition coefficient (Wildman–Crippen LogP) is 1.93. The Labute approximate surface area is 119 Å². The highest BCUT2D eigenvalue weighted by Crippen LogP contribution is 2.20. The first kappa shape index (κ1) is 14.3. The third-order valence-corrected chi connectivity index (χ3v) is 3.22. The van der Waals surface area contributed by atoms with E-state index >= 15 is 0 Å². The molecule has 1 amide bonds. The topological polar surface area (TPSA) is 64.2 Å². The summed E-state index contributed by atoms with van der Waals surface area (Å²) >= 11 is 0. The first-order valence-corrected chi connectivity index (χ1v) is 6.63. The molecular formula is C15H20N4O. The van der Waals surface area contributed by atoms with E-state index in [4.69, 9.17) is 5.73 Å². The van der Waals surface area contributed by atoms with E-state index in [1.165, 1.54) is 0 Å². The van der Waals surface area contributed by atoms with Crippen molar-refractivity contribution in [1.82, 2.24) is 9.55 Å². The molecule has 1 heterocycles. The fraction of sp³-hybridized carbons (Fsp3) is 0.333. The minimum Gasteiger partial charge on any atom is -0.330 e. The summed E-state index contributed by atoms with van der Waals surface area (Å²) in [6.07, 6.45) is 3.22. The smallest absolute Gasteiger partial charge is 0.276 e. The van der Waals surface area contributed by atoms with Crippen LogP contribution in [0.25, 0.3) is 0 Å². The van der Waals surface area contributed by atoms with E-state index in [1.807, 2.05) is 45.2 Å². The van der Waals surface area contributed by atoms with Crippen molar-refractivity contribution in [3.8, 4) is 0 Å². The van der Waals surface area contributed by atoms with Crippen LogP contribution in [-0.4, -0.2) is 21.5 Å². The molecule has 0 bridgehead atoms. The SMILES string of the molecule is CC(C)N(C(=O)c1cncn1C)c1ccc(CN)cc1. The Morgan fingerprint density at radius 1 is 1.35 bits per heavy atom. The number of carbonyl (C=O) groups excluding carboxylic acids is 1. The molecule has 0 aliphatic heterocycles. The number of nitrogens with two attached hydrogens (primary N) is 1. The monoisotopic (exact) mass is 272 g/mol. The molecule has 5 nitrogen and oxygen atoms in total. The second-order valence-corrected chi connectivity index (χ2v) is 5.03. The molecule has 0 saturated heterocycles. The summed E-state index contributed by atoms with van der Waals surface area (Å²) in [7, 11) is 1.82. The van der Waals surface area contributed by atoms with Gasteiger partial charge in [0.1, 0.15) is 5.69 Å². The van der Waals surface area contributed by atoms with Crippen LogP contribution in [0, 0.1) is 0 Å². The Hall–Kier alpha value is -2.14. The number of anilines is 1. The second-order valence-electron chi connectivity index (χ2n) is 5.03. The summed E-state index contributed by atoms with van der Waals surface area (Å²) in [5.74, 6) is -0.0551. The maximum atomic E-state index is 12.7. The largest absolute Gasteiger partial charge is 0.330 e. The summed E-state index contributed by atoms with van der Waals surface area (Å²) in [6, 6.07) is 7.80. The normalized spacial score (nSPS) is 10.8. The number of benzene rings is 1. The lowest BCUT2D eigenvalue weighted by molar-refractivity contribution is 0.0972. The van der Waals surface area contributed by atoms with Gasteiger partial charge in [0.15, 0.2) is 0 Å². The van der Waals surface area contributed by atoms with Gasteiger partial charge in [0, 0.05) is 25.3 Å². The Bertz CT molecular complexity index is 586. The first-order valence-electron chi connectivity index (χ1n) is 6.63. The van der Waals surface area contributed by atoms with Crippen LogP contribution in [0.4, 0.5) is 5.69 Å². The van der Waals surface area contributed by atoms with Gasteiger partial charge in [-0.05, 0) is 31.5 Å². The number of nitrogens with zero attached hydrogens (tertiary/aromatic N) is 3. The quantitative estimate of drug-likeness (QED) is 0.925. The standard InChI is InChI=1S/C15H20N4O/c1-11(2)19(13-6-4-12(8-16)5-7-13)15(20)14-9-17-10-18(14)3/h4-7,9-11H,8,16H2,1-3H3. The molecule has 2 N–H and O–H groups in total. The lowest BCUT2D eigenvalue weighted by Crippen LogP contribution is -2.38. The molecule has 0 aliphatic rings. The zero-order valence-electron chi connectivity index (χ0n) is 12.1. The highest BCUT2D eigenvalue weighted by atomic mass is 16.2. The molecule has 0 unspecified atom stereocenters. The third-order valence-electron chi connectivity index (χ3n) is 3.22. The van der Waals surface area contributed by atoms with Gasteiger partial charge in [0.2, 0.25) is 0 Å². The molecule has 1 aromatic carbocycles. The van der Waals surface area contributed by atoms with E-state index in [1.54, 1.807) is 22.0 Å². The van der Waals surface area contributed by atoms with Crippen molar-refractivity contribution in [1.29, 1.82) is 0 Å². The number of imidazole rings is 1. The summed E-state index contributed by atoms with van der Waals surface area (Å²) < 4.78 is 1.73. The molecule has 2 aromatic rings. The van der Waals surface area contributed by atoms with Gasteiger partial charge in [-0.3, -0.25) is 4.79 Å². The summed E-state index contributed by atoms with van der Waals surface area (Å²) in [5.41, 5.74) is 8.08. The van der Waals surface area contributed by atoms with E-state index in [9.17, 15) is 4.79 Å². The summed E-state index contributed by atoms with van der Waals surface area (Å²) in [5, 5.41) is 0. The van der Waals surface area contributed by atoms with Crippen molar-refractivity contribution >= 4 is 11.6 Å². The van der Waals surface area contributed by atoms with Crippen LogP contribution >= 0.6 is 0 Å². The molecule has 5 heteroatoms. The molecule has 0 atom stereocenters. The number of hydrogen-bond donors (Lipinski definition) is 1. The van der Waals surface area contributed by atoms with E-state index in [2.05, 4.69) is 4.98 Å². The summed E-state index contributed by atoms with van der Waals surface area (Å²) in [4.78, 5) is 18.4. The Morgan fingerprint density at radius 2 is 2.00 bits per heavy atom. The van der Waals surface area contributed by atoms with Crippen LogP contribution in [0.15, 0.2) is 36.8 Å². The zero-order valence-corrected chi connectivity index (χ0v) is 12.1. The molecule has 0 saturated carbocycles. The van der Waals surface area contributed by atoms with Crippen molar-refractivity contribution < 1.29 is 4.79 Å². The van der Waals surface area contributed by atoms with Crippen LogP contribution in [0.3, 0.4) is 0 Å². The maximum absolute atomic E-state index is 12.7. The number of aromatic nitrogens is 2. The van der Waals surface area contributed by atoms with Gasteiger partial charge in [0.05, 0.1) is 12.5 Å². The number of rotatable bonds is 4. The Morgan fingerprint density at radius 3 is 2.45 bits per heavy atom. The van der Waals surface area contributed by atoms with Gasteiger partial charge in [-0.1, -0.05) is 12.1 Å². The molecule has 0 fully saturated rings. The minimum absolute atomic E-state index is 0.0551. The molecule has 1 aromatic heterocycles. The van der Waals surface area contributed by atoms with Crippen LogP contribution in [-0.2, 0) is 13.6 Å². The van der Waals surface area contributed by atoms with Gasteiger partial charge in [-0.2, -0.15) is 0 Å². The van der Waals surface area contributed by atoms with Crippen molar-refractivity contribution in [3.63, 3.8) is 0 Å². The summed E-state index contributed by atoms with van der Waals surface area (Å²) in [6.45, 7) is 4.48. The fourth-order valence-corrected chi connectivity index (χ4v) is 2.13. The van der Waals surface area contributed by atoms with E-state index < -0.39 is 0 Å². The van der Waals surface area contributed by atoms with Gasteiger partial charge < -0.3 is 15.2 Å². The average molecular weight is 272 g/mol. The van der Waals surface area contributed by atoms with E-state index in [0.717, 1.165) is 11.3 Å². The fourth-order valence-electron chi connectivity index (χ4n) is 2.13. The zero-order chi connectivity index (χ0) is 14.7. The molecule has 106 valence electrons.